The number of esters is 3. The Morgan fingerprint density at radius 2 is 0.569 bits per heavy atom. The molecule has 0 aliphatic rings. The van der Waals surface area contributed by atoms with Gasteiger partial charge in [-0.3, -0.25) is 14.4 Å². The maximum Gasteiger partial charge on any atom is 0.306 e. The maximum atomic E-state index is 12.7. The fourth-order valence-corrected chi connectivity index (χ4v) is 7.86. The number of hydrogen-bond donors (Lipinski definition) is 0. The van der Waals surface area contributed by atoms with E-state index in [1.807, 2.05) is 0 Å². The van der Waals surface area contributed by atoms with Crippen LogP contribution in [0.4, 0.5) is 0 Å². The monoisotopic (exact) mass is 821 g/mol. The molecule has 6 heteroatoms. The first-order valence-electron chi connectivity index (χ1n) is 25.9. The molecule has 1 atom stereocenters. The van der Waals surface area contributed by atoms with Crippen molar-refractivity contribution in [2.75, 3.05) is 13.2 Å². The lowest BCUT2D eigenvalue weighted by Crippen LogP contribution is -2.30. The van der Waals surface area contributed by atoms with Crippen molar-refractivity contribution in [2.45, 2.75) is 297 Å². The van der Waals surface area contributed by atoms with Crippen molar-refractivity contribution in [1.29, 1.82) is 0 Å². The summed E-state index contributed by atoms with van der Waals surface area (Å²) in [6.07, 6.45) is 48.0. The van der Waals surface area contributed by atoms with E-state index < -0.39 is 6.10 Å². The molecule has 0 spiro atoms. The molecular formula is C52H100O6. The molecule has 344 valence electrons. The zero-order chi connectivity index (χ0) is 42.4. The maximum absolute atomic E-state index is 12.7. The van der Waals surface area contributed by atoms with E-state index in [2.05, 4.69) is 27.7 Å². The molecule has 0 rings (SSSR count). The van der Waals surface area contributed by atoms with Crippen molar-refractivity contribution in [3.05, 3.63) is 0 Å². The van der Waals surface area contributed by atoms with E-state index in [0.29, 0.717) is 19.3 Å². The van der Waals surface area contributed by atoms with Gasteiger partial charge in [0.05, 0.1) is 0 Å². The van der Waals surface area contributed by atoms with Crippen LogP contribution in [0.1, 0.15) is 291 Å². The van der Waals surface area contributed by atoms with E-state index in [-0.39, 0.29) is 31.1 Å². The molecule has 58 heavy (non-hydrogen) atoms. The Kier molecular flexibility index (Phi) is 45.2. The van der Waals surface area contributed by atoms with Crippen LogP contribution in [0, 0.1) is 5.92 Å². The first kappa shape index (κ1) is 56.4. The van der Waals surface area contributed by atoms with Crippen molar-refractivity contribution in [3.63, 3.8) is 0 Å². The summed E-state index contributed by atoms with van der Waals surface area (Å²) in [5.41, 5.74) is 0. The Morgan fingerprint density at radius 1 is 0.328 bits per heavy atom. The lowest BCUT2D eigenvalue weighted by atomic mass is 10.0. The average Bonchev–Trinajstić information content (AvgIpc) is 3.21. The lowest BCUT2D eigenvalue weighted by Gasteiger charge is -2.18. The van der Waals surface area contributed by atoms with Crippen molar-refractivity contribution < 1.29 is 28.6 Å². The first-order chi connectivity index (χ1) is 28.4. The molecule has 0 unspecified atom stereocenters. The van der Waals surface area contributed by atoms with Gasteiger partial charge in [-0.1, -0.05) is 252 Å². The fraction of sp³-hybridized carbons (Fsp3) is 0.942. The van der Waals surface area contributed by atoms with Crippen molar-refractivity contribution >= 4 is 17.9 Å². The summed E-state index contributed by atoms with van der Waals surface area (Å²) in [5.74, 6) is -0.0527. The Labute approximate surface area is 361 Å². The number of carbonyl (C=O) groups is 3. The molecule has 0 aromatic rings. The van der Waals surface area contributed by atoms with Crippen LogP contribution in [0.2, 0.25) is 0 Å². The number of carbonyl (C=O) groups excluding carboxylic acids is 3. The summed E-state index contributed by atoms with van der Waals surface area (Å²) >= 11 is 0. The van der Waals surface area contributed by atoms with Gasteiger partial charge < -0.3 is 14.2 Å². The summed E-state index contributed by atoms with van der Waals surface area (Å²) in [5, 5.41) is 0. The predicted octanol–water partition coefficient (Wildman–Crippen LogP) is 16.7. The van der Waals surface area contributed by atoms with Crippen LogP contribution < -0.4 is 0 Å². The molecule has 0 bridgehead atoms. The lowest BCUT2D eigenvalue weighted by molar-refractivity contribution is -0.167. The Balaban J connectivity index is 4.29. The number of unbranched alkanes of at least 4 members (excludes halogenated alkanes) is 34. The molecule has 0 saturated heterocycles. The van der Waals surface area contributed by atoms with E-state index in [0.717, 1.165) is 63.7 Å². The topological polar surface area (TPSA) is 78.9 Å². The summed E-state index contributed by atoms with van der Waals surface area (Å²) in [6, 6.07) is 0. The molecule has 0 aromatic heterocycles. The van der Waals surface area contributed by atoms with Crippen LogP contribution in [-0.2, 0) is 28.6 Å². The molecule has 0 N–H and O–H groups in total. The summed E-state index contributed by atoms with van der Waals surface area (Å²) in [4.78, 5) is 37.9. The van der Waals surface area contributed by atoms with E-state index >= 15 is 0 Å². The van der Waals surface area contributed by atoms with Gasteiger partial charge in [0, 0.05) is 19.3 Å². The smallest absolute Gasteiger partial charge is 0.306 e. The van der Waals surface area contributed by atoms with Gasteiger partial charge in [-0.15, -0.1) is 0 Å². The second-order valence-electron chi connectivity index (χ2n) is 18.3. The van der Waals surface area contributed by atoms with E-state index in [9.17, 15) is 14.4 Å². The largest absolute Gasteiger partial charge is 0.462 e. The molecular weight excluding hydrogens is 721 g/mol. The second kappa shape index (κ2) is 46.5. The highest BCUT2D eigenvalue weighted by atomic mass is 16.6. The number of hydrogen-bond acceptors (Lipinski definition) is 6. The van der Waals surface area contributed by atoms with Gasteiger partial charge in [-0.2, -0.15) is 0 Å². The molecule has 0 heterocycles. The molecule has 0 aliphatic carbocycles. The molecule has 0 aliphatic heterocycles. The zero-order valence-corrected chi connectivity index (χ0v) is 39.5. The predicted molar refractivity (Wildman–Crippen MR) is 247 cm³/mol. The normalized spacial score (nSPS) is 11.9. The average molecular weight is 821 g/mol. The third-order valence-electron chi connectivity index (χ3n) is 11.8. The van der Waals surface area contributed by atoms with Gasteiger partial charge in [0.15, 0.2) is 6.10 Å². The third kappa shape index (κ3) is 45.5. The minimum atomic E-state index is -0.761. The Hall–Kier alpha value is -1.59. The third-order valence-corrected chi connectivity index (χ3v) is 11.8. The van der Waals surface area contributed by atoms with Crippen molar-refractivity contribution in [3.8, 4) is 0 Å². The highest BCUT2D eigenvalue weighted by Gasteiger charge is 2.19. The van der Waals surface area contributed by atoms with E-state index in [4.69, 9.17) is 14.2 Å². The van der Waals surface area contributed by atoms with Crippen LogP contribution in [0.15, 0.2) is 0 Å². The van der Waals surface area contributed by atoms with E-state index in [1.165, 1.54) is 186 Å². The number of rotatable bonds is 47. The molecule has 0 radical (unpaired) electrons. The Bertz CT molecular complexity index is 872. The summed E-state index contributed by atoms with van der Waals surface area (Å²) < 4.78 is 16.8. The highest BCUT2D eigenvalue weighted by Crippen LogP contribution is 2.17. The van der Waals surface area contributed by atoms with Gasteiger partial charge >= 0.3 is 17.9 Å². The fourth-order valence-electron chi connectivity index (χ4n) is 7.86. The minimum Gasteiger partial charge on any atom is -0.462 e. The van der Waals surface area contributed by atoms with Gasteiger partial charge in [0.2, 0.25) is 0 Å². The van der Waals surface area contributed by atoms with Crippen LogP contribution in [0.3, 0.4) is 0 Å². The van der Waals surface area contributed by atoms with Gasteiger partial charge in [-0.05, 0) is 25.2 Å². The van der Waals surface area contributed by atoms with Gasteiger partial charge in [0.1, 0.15) is 13.2 Å². The van der Waals surface area contributed by atoms with Crippen LogP contribution in [0.25, 0.3) is 0 Å². The first-order valence-corrected chi connectivity index (χ1v) is 25.9. The second-order valence-corrected chi connectivity index (χ2v) is 18.3. The molecule has 0 amide bonds. The molecule has 0 aromatic carbocycles. The SMILES string of the molecule is CCCCCCCCCCCCCCCCCC(=O)OC[C@H](COC(=O)CCCCCCCCCCCCCCCC)OC(=O)CCCCCCCCCCC(C)C. The summed E-state index contributed by atoms with van der Waals surface area (Å²) in [6.45, 7) is 8.99. The van der Waals surface area contributed by atoms with Crippen molar-refractivity contribution in [2.24, 2.45) is 5.92 Å². The summed E-state index contributed by atoms with van der Waals surface area (Å²) in [7, 11) is 0. The van der Waals surface area contributed by atoms with Gasteiger partial charge in [-0.25, -0.2) is 0 Å². The van der Waals surface area contributed by atoms with E-state index in [1.54, 1.807) is 0 Å². The molecule has 6 nitrogen and oxygen atoms in total. The standard InChI is InChI=1S/C52H100O6/c1-5-7-9-11-13-15-17-19-21-23-25-27-32-36-40-44-51(54)57-47-49(58-52(55)45-41-37-33-29-28-30-34-38-42-48(3)4)46-56-50(53)43-39-35-31-26-24-22-20-18-16-14-12-10-8-6-2/h48-49H,5-47H2,1-4H3/t49-/m0/s1. The number of ether oxygens (including phenoxy) is 3. The Morgan fingerprint density at radius 3 is 0.845 bits per heavy atom. The minimum absolute atomic E-state index is 0.0632. The zero-order valence-electron chi connectivity index (χ0n) is 39.5. The molecule has 0 saturated carbocycles. The van der Waals surface area contributed by atoms with Crippen LogP contribution in [0.5, 0.6) is 0 Å². The molecule has 0 fully saturated rings. The van der Waals surface area contributed by atoms with Gasteiger partial charge in [0.25, 0.3) is 0 Å². The van der Waals surface area contributed by atoms with Crippen LogP contribution >= 0.6 is 0 Å². The van der Waals surface area contributed by atoms with Crippen LogP contribution in [-0.4, -0.2) is 37.2 Å². The van der Waals surface area contributed by atoms with Crippen molar-refractivity contribution in [1.82, 2.24) is 0 Å². The highest BCUT2D eigenvalue weighted by molar-refractivity contribution is 5.71. The quantitative estimate of drug-likeness (QED) is 0.0346.